The molecule has 0 saturated carbocycles. The molecule has 0 saturated heterocycles. The maximum absolute atomic E-state index is 12.6. The SMILES string of the molecule is CCNC(=NCc1ccc(C(=O)N(C)C)cc1)NCCc1ccc(OC)c(OC(F)F)c1. The Morgan fingerprint density at radius 2 is 1.75 bits per heavy atom. The fourth-order valence-corrected chi connectivity index (χ4v) is 2.91. The third-order valence-corrected chi connectivity index (χ3v) is 4.52. The summed E-state index contributed by atoms with van der Waals surface area (Å²) < 4.78 is 34.8. The molecule has 0 fully saturated rings. The van der Waals surface area contributed by atoms with E-state index >= 15 is 0 Å². The summed E-state index contributed by atoms with van der Waals surface area (Å²) in [6, 6.07) is 12.3. The van der Waals surface area contributed by atoms with E-state index < -0.39 is 6.61 Å². The molecule has 2 aromatic carbocycles. The summed E-state index contributed by atoms with van der Waals surface area (Å²) in [5.41, 5.74) is 2.43. The van der Waals surface area contributed by atoms with Crippen LogP contribution in [0.25, 0.3) is 0 Å². The number of alkyl halides is 2. The van der Waals surface area contributed by atoms with Gasteiger partial charge in [0.2, 0.25) is 0 Å². The van der Waals surface area contributed by atoms with Crippen LogP contribution in [0.4, 0.5) is 8.78 Å². The molecule has 0 atom stereocenters. The van der Waals surface area contributed by atoms with Gasteiger partial charge in [0, 0.05) is 32.7 Å². The molecule has 0 radical (unpaired) electrons. The second-order valence-corrected chi connectivity index (χ2v) is 7.13. The monoisotopic (exact) mass is 448 g/mol. The zero-order valence-corrected chi connectivity index (χ0v) is 18.8. The van der Waals surface area contributed by atoms with Crippen LogP contribution in [-0.4, -0.2) is 57.7 Å². The zero-order valence-electron chi connectivity index (χ0n) is 18.8. The normalized spacial score (nSPS) is 11.3. The molecule has 0 aliphatic carbocycles. The summed E-state index contributed by atoms with van der Waals surface area (Å²) in [5, 5.41) is 6.40. The second-order valence-electron chi connectivity index (χ2n) is 7.13. The Bertz CT molecular complexity index is 903. The van der Waals surface area contributed by atoms with E-state index in [0.29, 0.717) is 37.6 Å². The molecule has 32 heavy (non-hydrogen) atoms. The molecule has 0 spiro atoms. The number of benzene rings is 2. The van der Waals surface area contributed by atoms with E-state index in [1.54, 1.807) is 44.4 Å². The standard InChI is InChI=1S/C23H30F2N4O3/c1-5-26-23(28-15-17-6-9-18(10-7-17)21(30)29(2)3)27-13-12-16-8-11-19(31-4)20(14-16)32-22(24)25/h6-11,14,22H,5,12-13,15H2,1-4H3,(H2,26,27,28). The lowest BCUT2D eigenvalue weighted by Crippen LogP contribution is -2.38. The number of aliphatic imine (C=N–C) groups is 1. The van der Waals surface area contributed by atoms with Gasteiger partial charge in [-0.15, -0.1) is 0 Å². The first-order valence-corrected chi connectivity index (χ1v) is 10.3. The van der Waals surface area contributed by atoms with Gasteiger partial charge in [-0.25, -0.2) is 4.99 Å². The molecule has 174 valence electrons. The molecule has 0 aromatic heterocycles. The molecule has 1 amide bonds. The van der Waals surface area contributed by atoms with Crippen molar-refractivity contribution in [3.8, 4) is 11.5 Å². The fourth-order valence-electron chi connectivity index (χ4n) is 2.91. The van der Waals surface area contributed by atoms with Crippen molar-refractivity contribution < 1.29 is 23.0 Å². The Morgan fingerprint density at radius 3 is 2.34 bits per heavy atom. The van der Waals surface area contributed by atoms with Gasteiger partial charge >= 0.3 is 6.61 Å². The van der Waals surface area contributed by atoms with Gasteiger partial charge in [0.1, 0.15) is 0 Å². The predicted molar refractivity (Wildman–Crippen MR) is 121 cm³/mol. The highest BCUT2D eigenvalue weighted by Gasteiger charge is 2.11. The van der Waals surface area contributed by atoms with Crippen molar-refractivity contribution in [2.24, 2.45) is 4.99 Å². The Kier molecular flexibility index (Phi) is 9.72. The van der Waals surface area contributed by atoms with Crippen LogP contribution < -0.4 is 20.1 Å². The number of amides is 1. The van der Waals surface area contributed by atoms with Crippen molar-refractivity contribution >= 4 is 11.9 Å². The summed E-state index contributed by atoms with van der Waals surface area (Å²) in [7, 11) is 4.84. The number of methoxy groups -OCH3 is 1. The number of nitrogens with one attached hydrogen (secondary N) is 2. The van der Waals surface area contributed by atoms with E-state index in [9.17, 15) is 13.6 Å². The first-order chi connectivity index (χ1) is 15.3. The highest BCUT2D eigenvalue weighted by Crippen LogP contribution is 2.29. The number of halogens is 2. The quantitative estimate of drug-likeness (QED) is 0.431. The van der Waals surface area contributed by atoms with Crippen LogP contribution in [0.1, 0.15) is 28.4 Å². The average Bonchev–Trinajstić information content (AvgIpc) is 2.77. The van der Waals surface area contributed by atoms with E-state index in [1.807, 2.05) is 19.1 Å². The lowest BCUT2D eigenvalue weighted by Gasteiger charge is -2.13. The molecule has 2 aromatic rings. The van der Waals surface area contributed by atoms with Gasteiger partial charge in [-0.05, 0) is 48.7 Å². The van der Waals surface area contributed by atoms with Crippen molar-refractivity contribution in [1.82, 2.24) is 15.5 Å². The molecule has 0 unspecified atom stereocenters. The van der Waals surface area contributed by atoms with E-state index in [1.165, 1.54) is 12.0 Å². The average molecular weight is 449 g/mol. The molecule has 9 heteroatoms. The maximum atomic E-state index is 12.6. The molecular weight excluding hydrogens is 418 g/mol. The topological polar surface area (TPSA) is 75.2 Å². The molecule has 0 heterocycles. The zero-order chi connectivity index (χ0) is 23.5. The number of guanidine groups is 1. The minimum absolute atomic E-state index is 0.0109. The maximum Gasteiger partial charge on any atom is 0.387 e. The summed E-state index contributed by atoms with van der Waals surface area (Å²) in [6.45, 7) is 0.733. The fraction of sp³-hybridized carbons (Fsp3) is 0.391. The molecule has 0 aliphatic heterocycles. The number of hydrogen-bond acceptors (Lipinski definition) is 4. The van der Waals surface area contributed by atoms with Crippen molar-refractivity contribution in [3.63, 3.8) is 0 Å². The second kappa shape index (κ2) is 12.5. The van der Waals surface area contributed by atoms with Crippen LogP contribution in [0.3, 0.4) is 0 Å². The number of ether oxygens (including phenoxy) is 2. The highest BCUT2D eigenvalue weighted by atomic mass is 19.3. The summed E-state index contributed by atoms with van der Waals surface area (Å²) in [4.78, 5) is 18.1. The largest absolute Gasteiger partial charge is 0.493 e. The number of hydrogen-bond donors (Lipinski definition) is 2. The van der Waals surface area contributed by atoms with Gasteiger partial charge in [-0.2, -0.15) is 8.78 Å². The lowest BCUT2D eigenvalue weighted by molar-refractivity contribution is -0.0512. The smallest absolute Gasteiger partial charge is 0.387 e. The Hall–Kier alpha value is -3.36. The van der Waals surface area contributed by atoms with Crippen molar-refractivity contribution in [2.75, 3.05) is 34.3 Å². The molecule has 2 N–H and O–H groups in total. The number of carbonyl (C=O) groups excluding carboxylic acids is 1. The Labute approximate surface area is 187 Å². The van der Waals surface area contributed by atoms with Gasteiger partial charge < -0.3 is 25.0 Å². The van der Waals surface area contributed by atoms with Crippen LogP contribution >= 0.6 is 0 Å². The molecule has 7 nitrogen and oxygen atoms in total. The van der Waals surface area contributed by atoms with Gasteiger partial charge in [0.05, 0.1) is 13.7 Å². The van der Waals surface area contributed by atoms with Crippen LogP contribution in [-0.2, 0) is 13.0 Å². The van der Waals surface area contributed by atoms with E-state index in [4.69, 9.17) is 4.74 Å². The third kappa shape index (κ3) is 7.72. The van der Waals surface area contributed by atoms with Crippen LogP contribution in [0.2, 0.25) is 0 Å². The number of rotatable bonds is 10. The molecule has 0 bridgehead atoms. The van der Waals surface area contributed by atoms with Gasteiger partial charge in [-0.1, -0.05) is 18.2 Å². The highest BCUT2D eigenvalue weighted by molar-refractivity contribution is 5.93. The van der Waals surface area contributed by atoms with E-state index in [0.717, 1.165) is 11.1 Å². The van der Waals surface area contributed by atoms with Gasteiger partial charge in [-0.3, -0.25) is 4.79 Å². The van der Waals surface area contributed by atoms with Crippen LogP contribution in [0.5, 0.6) is 11.5 Å². The predicted octanol–water partition coefficient (Wildman–Crippen LogP) is 3.30. The lowest BCUT2D eigenvalue weighted by atomic mass is 10.1. The van der Waals surface area contributed by atoms with Gasteiger partial charge in [0.15, 0.2) is 17.5 Å². The molecular formula is C23H30F2N4O3. The van der Waals surface area contributed by atoms with Crippen molar-refractivity contribution in [2.45, 2.75) is 26.5 Å². The third-order valence-electron chi connectivity index (χ3n) is 4.52. The van der Waals surface area contributed by atoms with E-state index in [-0.39, 0.29) is 17.4 Å². The number of carbonyl (C=O) groups is 1. The van der Waals surface area contributed by atoms with Gasteiger partial charge in [0.25, 0.3) is 5.91 Å². The summed E-state index contributed by atoms with van der Waals surface area (Å²) >= 11 is 0. The molecule has 2 rings (SSSR count). The van der Waals surface area contributed by atoms with Crippen LogP contribution in [0.15, 0.2) is 47.5 Å². The van der Waals surface area contributed by atoms with E-state index in [2.05, 4.69) is 20.4 Å². The Balaban J connectivity index is 1.96. The minimum atomic E-state index is -2.92. The first-order valence-electron chi connectivity index (χ1n) is 10.3. The van der Waals surface area contributed by atoms with Crippen molar-refractivity contribution in [1.29, 1.82) is 0 Å². The first kappa shape index (κ1) is 24.9. The summed E-state index contributed by atoms with van der Waals surface area (Å²) in [6.07, 6.45) is 0.579. The van der Waals surface area contributed by atoms with Crippen LogP contribution in [0, 0.1) is 0 Å². The molecule has 0 aliphatic rings. The summed E-state index contributed by atoms with van der Waals surface area (Å²) in [5.74, 6) is 0.862. The van der Waals surface area contributed by atoms with Crippen molar-refractivity contribution in [3.05, 3.63) is 59.2 Å². The number of nitrogens with zero attached hydrogens (tertiary/aromatic N) is 2. The minimum Gasteiger partial charge on any atom is -0.493 e. The Morgan fingerprint density at radius 1 is 1.06 bits per heavy atom.